The van der Waals surface area contributed by atoms with Crippen LogP contribution in [0.15, 0.2) is 29.1 Å². The van der Waals surface area contributed by atoms with Crippen LogP contribution in [0.3, 0.4) is 0 Å². The summed E-state index contributed by atoms with van der Waals surface area (Å²) < 4.78 is 6.32. The van der Waals surface area contributed by atoms with Crippen LogP contribution in [0.4, 0.5) is 0 Å². The van der Waals surface area contributed by atoms with Gasteiger partial charge in [0.15, 0.2) is 5.65 Å². The maximum atomic E-state index is 12.1. The maximum absolute atomic E-state index is 12.1. The molecule has 1 aromatic carbocycles. The molecule has 22 heavy (non-hydrogen) atoms. The van der Waals surface area contributed by atoms with Crippen molar-refractivity contribution in [1.29, 1.82) is 0 Å². The molecule has 0 saturated heterocycles. The van der Waals surface area contributed by atoms with Crippen molar-refractivity contribution in [2.24, 2.45) is 0 Å². The number of nitrogens with zero attached hydrogens (tertiary/aromatic N) is 3. The van der Waals surface area contributed by atoms with Gasteiger partial charge in [-0.25, -0.2) is 4.79 Å². The zero-order valence-corrected chi connectivity index (χ0v) is 13.2. The summed E-state index contributed by atoms with van der Waals surface area (Å²) in [4.78, 5) is 19.0. The molecule has 3 aromatic rings. The van der Waals surface area contributed by atoms with Gasteiger partial charge in [-0.3, -0.25) is 4.98 Å². The van der Waals surface area contributed by atoms with Crippen LogP contribution in [-0.2, 0) is 0 Å². The zero-order chi connectivity index (χ0) is 15.9. The third kappa shape index (κ3) is 2.35. The second-order valence-electron chi connectivity index (χ2n) is 5.21. The van der Waals surface area contributed by atoms with Gasteiger partial charge >= 0.3 is 5.69 Å². The number of ether oxygens (including phenoxy) is 1. The summed E-state index contributed by atoms with van der Waals surface area (Å²) in [5.74, 6) is 0.137. The molecule has 0 aliphatic rings. The van der Waals surface area contributed by atoms with E-state index in [0.717, 1.165) is 16.8 Å². The highest BCUT2D eigenvalue weighted by Gasteiger charge is 2.20. The molecule has 0 amide bonds. The van der Waals surface area contributed by atoms with Gasteiger partial charge in [-0.2, -0.15) is 14.6 Å². The Morgan fingerprint density at radius 1 is 1.27 bits per heavy atom. The third-order valence-corrected chi connectivity index (χ3v) is 3.63. The monoisotopic (exact) mass is 318 g/mol. The van der Waals surface area contributed by atoms with E-state index in [0.29, 0.717) is 10.7 Å². The van der Waals surface area contributed by atoms with Crippen LogP contribution in [-0.4, -0.2) is 26.7 Å². The van der Waals surface area contributed by atoms with Crippen molar-refractivity contribution < 1.29 is 4.74 Å². The molecule has 0 atom stereocenters. The number of methoxy groups -OCH3 is 1. The number of hydrogen-bond donors (Lipinski definition) is 1. The smallest absolute Gasteiger partial charge is 0.352 e. The summed E-state index contributed by atoms with van der Waals surface area (Å²) >= 11 is 5.96. The molecule has 3 rings (SSSR count). The number of nitrogens with one attached hydrogen (secondary N) is 1. The molecule has 114 valence electrons. The molecule has 6 nitrogen and oxygen atoms in total. The van der Waals surface area contributed by atoms with E-state index >= 15 is 0 Å². The lowest BCUT2D eigenvalue weighted by atomic mass is 10.00. The lowest BCUT2D eigenvalue weighted by Crippen LogP contribution is -2.19. The molecule has 0 aliphatic heterocycles. The standard InChI is InChI=1S/C15H15ClN4O2/c1-8(2)12-11(9-4-6-10(16)7-5-9)13-17-14(22-3)18-15(21)20(13)19-12/h4-8H,1-3H3,(H,17,18,21). The van der Waals surface area contributed by atoms with E-state index in [1.54, 1.807) is 12.1 Å². The van der Waals surface area contributed by atoms with Crippen LogP contribution < -0.4 is 10.4 Å². The third-order valence-electron chi connectivity index (χ3n) is 3.37. The molecule has 0 spiro atoms. The summed E-state index contributed by atoms with van der Waals surface area (Å²) in [6.45, 7) is 4.04. The van der Waals surface area contributed by atoms with E-state index in [2.05, 4.69) is 15.1 Å². The largest absolute Gasteiger partial charge is 0.468 e. The molecule has 2 aromatic heterocycles. The quantitative estimate of drug-likeness (QED) is 0.806. The van der Waals surface area contributed by atoms with Gasteiger partial charge in [0.05, 0.1) is 18.4 Å². The Kier molecular flexibility index (Phi) is 3.62. The van der Waals surface area contributed by atoms with E-state index in [9.17, 15) is 4.79 Å². The van der Waals surface area contributed by atoms with Gasteiger partial charge in [0, 0.05) is 5.02 Å². The van der Waals surface area contributed by atoms with Gasteiger partial charge < -0.3 is 4.74 Å². The summed E-state index contributed by atoms with van der Waals surface area (Å²) in [5, 5.41) is 5.06. The Labute approximate surface area is 131 Å². The van der Waals surface area contributed by atoms with Crippen LogP contribution in [0.1, 0.15) is 25.5 Å². The normalized spacial score (nSPS) is 11.3. The number of aromatic amines is 1. The minimum Gasteiger partial charge on any atom is -0.468 e. The second-order valence-corrected chi connectivity index (χ2v) is 5.64. The average Bonchev–Trinajstić information content (AvgIpc) is 2.88. The highest BCUT2D eigenvalue weighted by molar-refractivity contribution is 6.30. The van der Waals surface area contributed by atoms with Gasteiger partial charge in [0.2, 0.25) is 0 Å². The number of aromatic nitrogens is 4. The van der Waals surface area contributed by atoms with Crippen molar-refractivity contribution in [3.63, 3.8) is 0 Å². The fourth-order valence-electron chi connectivity index (χ4n) is 2.33. The lowest BCUT2D eigenvalue weighted by Gasteiger charge is -2.06. The molecular formula is C15H15ClN4O2. The van der Waals surface area contributed by atoms with Crippen LogP contribution >= 0.6 is 11.6 Å². The minimum absolute atomic E-state index is 0.137. The average molecular weight is 319 g/mol. The molecule has 2 heterocycles. The first kappa shape index (κ1) is 14.6. The molecule has 0 radical (unpaired) electrons. The fourth-order valence-corrected chi connectivity index (χ4v) is 2.46. The Morgan fingerprint density at radius 2 is 1.95 bits per heavy atom. The summed E-state index contributed by atoms with van der Waals surface area (Å²) in [5.41, 5.74) is 2.60. The zero-order valence-electron chi connectivity index (χ0n) is 12.4. The number of H-pyrrole nitrogens is 1. The second kappa shape index (κ2) is 5.46. The maximum Gasteiger partial charge on any atom is 0.352 e. The summed E-state index contributed by atoms with van der Waals surface area (Å²) in [6.07, 6.45) is 0. The predicted octanol–water partition coefficient (Wildman–Crippen LogP) is 2.87. The molecule has 7 heteroatoms. The van der Waals surface area contributed by atoms with Gasteiger partial charge in [-0.15, -0.1) is 0 Å². The van der Waals surface area contributed by atoms with Crippen molar-refractivity contribution in [3.05, 3.63) is 45.5 Å². The highest BCUT2D eigenvalue weighted by atomic mass is 35.5. The van der Waals surface area contributed by atoms with Gasteiger partial charge in [0.1, 0.15) is 0 Å². The number of benzene rings is 1. The molecule has 0 bridgehead atoms. The Bertz CT molecular complexity index is 881. The number of halogens is 1. The first-order valence-electron chi connectivity index (χ1n) is 6.84. The van der Waals surface area contributed by atoms with E-state index in [1.165, 1.54) is 11.6 Å². The minimum atomic E-state index is -0.385. The number of fused-ring (bicyclic) bond motifs is 1. The van der Waals surface area contributed by atoms with Crippen molar-refractivity contribution in [3.8, 4) is 17.1 Å². The van der Waals surface area contributed by atoms with Crippen molar-refractivity contribution in [1.82, 2.24) is 19.6 Å². The Hall–Kier alpha value is -2.34. The molecule has 1 N–H and O–H groups in total. The molecular weight excluding hydrogens is 304 g/mol. The molecule has 0 fully saturated rings. The Balaban J connectivity index is 2.39. The summed E-state index contributed by atoms with van der Waals surface area (Å²) in [6, 6.07) is 7.54. The number of rotatable bonds is 3. The highest BCUT2D eigenvalue weighted by Crippen LogP contribution is 2.32. The van der Waals surface area contributed by atoms with E-state index in [-0.39, 0.29) is 17.6 Å². The topological polar surface area (TPSA) is 72.3 Å². The van der Waals surface area contributed by atoms with Gasteiger partial charge in [0.25, 0.3) is 6.01 Å². The predicted molar refractivity (Wildman–Crippen MR) is 84.7 cm³/mol. The van der Waals surface area contributed by atoms with Crippen molar-refractivity contribution in [2.75, 3.05) is 7.11 Å². The van der Waals surface area contributed by atoms with E-state index in [1.807, 2.05) is 26.0 Å². The summed E-state index contributed by atoms with van der Waals surface area (Å²) in [7, 11) is 1.45. The fraction of sp³-hybridized carbons (Fsp3) is 0.267. The van der Waals surface area contributed by atoms with E-state index in [4.69, 9.17) is 16.3 Å². The first-order valence-corrected chi connectivity index (χ1v) is 7.22. The first-order chi connectivity index (χ1) is 10.5. The van der Waals surface area contributed by atoms with Crippen LogP contribution in [0.2, 0.25) is 5.02 Å². The molecule has 0 unspecified atom stereocenters. The van der Waals surface area contributed by atoms with Gasteiger partial charge in [-0.1, -0.05) is 37.6 Å². The van der Waals surface area contributed by atoms with Crippen molar-refractivity contribution >= 4 is 17.2 Å². The SMILES string of the molecule is COc1nc2c(-c3ccc(Cl)cc3)c(C(C)C)nn2c(=O)[nH]1. The lowest BCUT2D eigenvalue weighted by molar-refractivity contribution is 0.377. The van der Waals surface area contributed by atoms with Crippen LogP contribution in [0.25, 0.3) is 16.8 Å². The number of hydrogen-bond acceptors (Lipinski definition) is 4. The van der Waals surface area contributed by atoms with Crippen LogP contribution in [0, 0.1) is 0 Å². The molecule has 0 aliphatic carbocycles. The Morgan fingerprint density at radius 3 is 2.55 bits per heavy atom. The van der Waals surface area contributed by atoms with Crippen molar-refractivity contribution in [2.45, 2.75) is 19.8 Å². The van der Waals surface area contributed by atoms with Gasteiger partial charge in [-0.05, 0) is 23.6 Å². The van der Waals surface area contributed by atoms with Crippen LogP contribution in [0.5, 0.6) is 6.01 Å². The van der Waals surface area contributed by atoms with E-state index < -0.39 is 0 Å². The molecule has 0 saturated carbocycles.